The highest BCUT2D eigenvalue weighted by atomic mass is 16.3. The van der Waals surface area contributed by atoms with Crippen LogP contribution in [0.2, 0.25) is 0 Å². The van der Waals surface area contributed by atoms with E-state index in [0.717, 1.165) is 13.8 Å². The first-order valence-electron chi connectivity index (χ1n) is 2.20. The van der Waals surface area contributed by atoms with Crippen LogP contribution in [-0.2, 0) is 9.59 Å². The standard InChI is InChI=1S/C5H8O3/c1-4(7)5(2,8)3-6/h3,8H,1-2H3/t5-/m1/s1. The zero-order chi connectivity index (χ0) is 6.78. The Kier molecular flexibility index (Phi) is 1.87. The molecule has 3 heteroatoms. The summed E-state index contributed by atoms with van der Waals surface area (Å²) in [6.07, 6.45) is 0.218. The van der Waals surface area contributed by atoms with E-state index < -0.39 is 11.4 Å². The van der Waals surface area contributed by atoms with E-state index in [2.05, 4.69) is 0 Å². The Morgan fingerprint density at radius 1 is 1.75 bits per heavy atom. The van der Waals surface area contributed by atoms with Gasteiger partial charge in [0.25, 0.3) is 0 Å². The van der Waals surface area contributed by atoms with Crippen LogP contribution in [0, 0.1) is 0 Å². The predicted molar refractivity (Wildman–Crippen MR) is 27.4 cm³/mol. The maximum atomic E-state index is 10.2. The van der Waals surface area contributed by atoms with E-state index in [4.69, 9.17) is 5.11 Å². The molecule has 0 amide bonds. The smallest absolute Gasteiger partial charge is 0.174 e. The molecule has 0 saturated heterocycles. The normalized spacial score (nSPS) is 16.9. The van der Waals surface area contributed by atoms with Gasteiger partial charge in [-0.25, -0.2) is 0 Å². The van der Waals surface area contributed by atoms with Crippen LogP contribution >= 0.6 is 0 Å². The third kappa shape index (κ3) is 1.42. The Morgan fingerprint density at radius 3 is 2.12 bits per heavy atom. The Hall–Kier alpha value is -0.700. The lowest BCUT2D eigenvalue weighted by molar-refractivity contribution is -0.140. The Balaban J connectivity index is 4.12. The zero-order valence-electron chi connectivity index (χ0n) is 4.84. The van der Waals surface area contributed by atoms with Crippen molar-refractivity contribution in [1.29, 1.82) is 0 Å². The molecular weight excluding hydrogens is 108 g/mol. The lowest BCUT2D eigenvalue weighted by Crippen LogP contribution is -2.34. The zero-order valence-corrected chi connectivity index (χ0v) is 4.84. The third-order valence-corrected chi connectivity index (χ3v) is 0.942. The van der Waals surface area contributed by atoms with Crippen molar-refractivity contribution in [3.63, 3.8) is 0 Å². The molecule has 3 nitrogen and oxygen atoms in total. The number of aliphatic hydroxyl groups is 1. The summed E-state index contributed by atoms with van der Waals surface area (Å²) in [4.78, 5) is 20.0. The van der Waals surface area contributed by atoms with E-state index in [9.17, 15) is 9.59 Å². The topological polar surface area (TPSA) is 54.4 Å². The molecule has 0 radical (unpaired) electrons. The molecule has 0 aromatic carbocycles. The van der Waals surface area contributed by atoms with Gasteiger partial charge in [0, 0.05) is 0 Å². The molecule has 0 saturated carbocycles. The number of carbonyl (C=O) groups is 2. The summed E-state index contributed by atoms with van der Waals surface area (Å²) in [6.45, 7) is 2.32. The van der Waals surface area contributed by atoms with Gasteiger partial charge in [-0.05, 0) is 13.8 Å². The van der Waals surface area contributed by atoms with Gasteiger partial charge in [-0.3, -0.25) is 9.59 Å². The van der Waals surface area contributed by atoms with Crippen molar-refractivity contribution in [2.24, 2.45) is 0 Å². The highest BCUT2D eigenvalue weighted by Gasteiger charge is 2.24. The number of hydrogen-bond donors (Lipinski definition) is 1. The molecule has 46 valence electrons. The number of Topliss-reactive ketones (excluding diaryl/α,β-unsaturated/α-hetero) is 1. The fraction of sp³-hybridized carbons (Fsp3) is 0.600. The van der Waals surface area contributed by atoms with Crippen molar-refractivity contribution in [2.75, 3.05) is 0 Å². The quantitative estimate of drug-likeness (QED) is 0.392. The predicted octanol–water partition coefficient (Wildman–Crippen LogP) is -0.475. The van der Waals surface area contributed by atoms with Gasteiger partial charge in [-0.1, -0.05) is 0 Å². The third-order valence-electron chi connectivity index (χ3n) is 0.942. The summed E-state index contributed by atoms with van der Waals surface area (Å²) in [5.74, 6) is -0.535. The van der Waals surface area contributed by atoms with E-state index in [-0.39, 0.29) is 6.29 Å². The summed E-state index contributed by atoms with van der Waals surface area (Å²) >= 11 is 0. The average Bonchev–Trinajstić information content (AvgIpc) is 1.67. The minimum atomic E-state index is -1.78. The van der Waals surface area contributed by atoms with Crippen LogP contribution < -0.4 is 0 Å². The first-order valence-corrected chi connectivity index (χ1v) is 2.20. The highest BCUT2D eigenvalue weighted by molar-refractivity contribution is 5.99. The summed E-state index contributed by atoms with van der Waals surface area (Å²) in [7, 11) is 0. The van der Waals surface area contributed by atoms with Crippen molar-refractivity contribution >= 4 is 12.1 Å². The van der Waals surface area contributed by atoms with Crippen LogP contribution in [0.1, 0.15) is 13.8 Å². The number of ketones is 1. The van der Waals surface area contributed by atoms with Crippen molar-refractivity contribution < 1.29 is 14.7 Å². The summed E-state index contributed by atoms with van der Waals surface area (Å²) in [6, 6.07) is 0. The minimum Gasteiger partial charge on any atom is -0.375 e. The van der Waals surface area contributed by atoms with Gasteiger partial charge < -0.3 is 5.11 Å². The second-order valence-corrected chi connectivity index (χ2v) is 1.82. The van der Waals surface area contributed by atoms with Gasteiger partial charge >= 0.3 is 0 Å². The molecule has 1 atom stereocenters. The molecule has 0 aliphatic heterocycles. The van der Waals surface area contributed by atoms with E-state index >= 15 is 0 Å². The van der Waals surface area contributed by atoms with Crippen LogP contribution in [0.5, 0.6) is 0 Å². The van der Waals surface area contributed by atoms with Crippen LogP contribution in [0.3, 0.4) is 0 Å². The van der Waals surface area contributed by atoms with Gasteiger partial charge in [0.1, 0.15) is 0 Å². The van der Waals surface area contributed by atoms with E-state index in [1.54, 1.807) is 0 Å². The molecule has 1 N–H and O–H groups in total. The monoisotopic (exact) mass is 116 g/mol. The van der Waals surface area contributed by atoms with E-state index in [1.165, 1.54) is 0 Å². The molecule has 0 rings (SSSR count). The van der Waals surface area contributed by atoms with Gasteiger partial charge in [-0.2, -0.15) is 0 Å². The van der Waals surface area contributed by atoms with Crippen molar-refractivity contribution in [2.45, 2.75) is 19.4 Å². The summed E-state index contributed by atoms with van der Waals surface area (Å²) in [5.41, 5.74) is -1.78. The van der Waals surface area contributed by atoms with Crippen molar-refractivity contribution in [1.82, 2.24) is 0 Å². The van der Waals surface area contributed by atoms with Gasteiger partial charge in [-0.15, -0.1) is 0 Å². The number of hydrogen-bond acceptors (Lipinski definition) is 3. The van der Waals surface area contributed by atoms with Crippen molar-refractivity contribution in [3.8, 4) is 0 Å². The van der Waals surface area contributed by atoms with Crippen LogP contribution in [0.25, 0.3) is 0 Å². The van der Waals surface area contributed by atoms with Crippen LogP contribution in [-0.4, -0.2) is 22.8 Å². The molecular formula is C5H8O3. The number of aldehydes is 1. The molecule has 0 aliphatic rings. The van der Waals surface area contributed by atoms with E-state index in [1.807, 2.05) is 0 Å². The average molecular weight is 116 g/mol. The van der Waals surface area contributed by atoms with Gasteiger partial charge in [0.05, 0.1) is 0 Å². The van der Waals surface area contributed by atoms with Gasteiger partial charge in [0.15, 0.2) is 17.7 Å². The summed E-state index contributed by atoms with van der Waals surface area (Å²) < 4.78 is 0. The molecule has 8 heavy (non-hydrogen) atoms. The SMILES string of the molecule is CC(=O)[C@](C)(O)C=O. The minimum absolute atomic E-state index is 0.218. The number of rotatable bonds is 2. The van der Waals surface area contributed by atoms with E-state index in [0.29, 0.717) is 0 Å². The summed E-state index contributed by atoms with van der Waals surface area (Å²) in [5, 5.41) is 8.68. The molecule has 0 aliphatic carbocycles. The maximum absolute atomic E-state index is 10.2. The highest BCUT2D eigenvalue weighted by Crippen LogP contribution is 1.97. The first kappa shape index (κ1) is 7.30. The molecule has 0 bridgehead atoms. The molecule has 0 aromatic rings. The molecule has 0 aromatic heterocycles. The Morgan fingerprint density at radius 2 is 2.12 bits per heavy atom. The fourth-order valence-electron chi connectivity index (χ4n) is 0.0830. The second-order valence-electron chi connectivity index (χ2n) is 1.82. The number of carbonyl (C=O) groups excluding carboxylic acids is 2. The molecule has 0 spiro atoms. The molecule has 0 fully saturated rings. The fourth-order valence-corrected chi connectivity index (χ4v) is 0.0830. The lowest BCUT2D eigenvalue weighted by Gasteiger charge is -2.08. The van der Waals surface area contributed by atoms with Crippen LogP contribution in [0.4, 0.5) is 0 Å². The maximum Gasteiger partial charge on any atom is 0.174 e. The van der Waals surface area contributed by atoms with Crippen molar-refractivity contribution in [3.05, 3.63) is 0 Å². The lowest BCUT2D eigenvalue weighted by atomic mass is 10.1. The second kappa shape index (κ2) is 2.05. The van der Waals surface area contributed by atoms with Gasteiger partial charge in [0.2, 0.25) is 0 Å². The largest absolute Gasteiger partial charge is 0.375 e. The Labute approximate surface area is 47.3 Å². The Bertz CT molecular complexity index is 115. The molecule has 0 unspecified atom stereocenters. The first-order chi connectivity index (χ1) is 3.50. The van der Waals surface area contributed by atoms with Crippen LogP contribution in [0.15, 0.2) is 0 Å². The molecule has 0 heterocycles.